The zero-order chi connectivity index (χ0) is 12.2. The van der Waals surface area contributed by atoms with Crippen molar-refractivity contribution in [2.75, 3.05) is 19.7 Å². The van der Waals surface area contributed by atoms with Gasteiger partial charge in [0, 0.05) is 25.1 Å². The Morgan fingerprint density at radius 1 is 0.882 bits per heavy atom. The van der Waals surface area contributed by atoms with Gasteiger partial charge in [0.1, 0.15) is 0 Å². The van der Waals surface area contributed by atoms with E-state index >= 15 is 0 Å². The molecular weight excluding hydrogens is 210 g/mol. The predicted octanol–water partition coefficient (Wildman–Crippen LogP) is 3.10. The van der Waals surface area contributed by atoms with E-state index in [9.17, 15) is 5.11 Å². The van der Waals surface area contributed by atoms with E-state index in [1.54, 1.807) is 0 Å². The zero-order valence-corrected chi connectivity index (χ0v) is 11.4. The van der Waals surface area contributed by atoms with Crippen LogP contribution < -0.4 is 5.32 Å². The summed E-state index contributed by atoms with van der Waals surface area (Å²) >= 11 is 0. The minimum atomic E-state index is 0.202. The van der Waals surface area contributed by atoms with Crippen LogP contribution in [0.25, 0.3) is 0 Å². The van der Waals surface area contributed by atoms with E-state index in [4.69, 9.17) is 0 Å². The Labute approximate surface area is 106 Å². The molecule has 0 aromatic carbocycles. The summed E-state index contributed by atoms with van der Waals surface area (Å²) in [5.74, 6) is 0. The minimum Gasteiger partial charge on any atom is -0.396 e. The van der Waals surface area contributed by atoms with Crippen molar-refractivity contribution in [3.05, 3.63) is 0 Å². The third-order valence-electron chi connectivity index (χ3n) is 5.11. The van der Waals surface area contributed by atoms with Crippen LogP contribution in [-0.2, 0) is 0 Å². The van der Waals surface area contributed by atoms with Crippen LogP contribution in [0.4, 0.5) is 0 Å². The van der Waals surface area contributed by atoms with Gasteiger partial charge in [-0.25, -0.2) is 0 Å². The maximum Gasteiger partial charge on any atom is 0.0499 e. The van der Waals surface area contributed by atoms with Gasteiger partial charge in [0.25, 0.3) is 0 Å². The topological polar surface area (TPSA) is 32.3 Å². The average Bonchev–Trinajstić information content (AvgIpc) is 2.77. The zero-order valence-electron chi connectivity index (χ0n) is 11.4. The number of rotatable bonds is 5. The predicted molar refractivity (Wildman–Crippen MR) is 72.0 cm³/mol. The van der Waals surface area contributed by atoms with E-state index in [-0.39, 0.29) is 5.41 Å². The summed E-state index contributed by atoms with van der Waals surface area (Å²) in [5.41, 5.74) is 0.735. The standard InChI is InChI=1S/C15H29NO/c1-14(7-5-6-8-14)11-16-12-15(13-17)9-3-2-4-10-15/h16-17H,2-13H2,1H3. The second kappa shape index (κ2) is 5.71. The Morgan fingerprint density at radius 2 is 1.47 bits per heavy atom. The molecule has 17 heavy (non-hydrogen) atoms. The lowest BCUT2D eigenvalue weighted by molar-refractivity contribution is 0.0781. The van der Waals surface area contributed by atoms with Crippen LogP contribution in [0.5, 0.6) is 0 Å². The first-order chi connectivity index (χ1) is 8.18. The van der Waals surface area contributed by atoms with Gasteiger partial charge in [-0.15, -0.1) is 0 Å². The second-order valence-electron chi connectivity index (χ2n) is 6.84. The summed E-state index contributed by atoms with van der Waals surface area (Å²) in [6.45, 7) is 4.96. The van der Waals surface area contributed by atoms with Crippen molar-refractivity contribution in [2.45, 2.75) is 64.7 Å². The van der Waals surface area contributed by atoms with Crippen molar-refractivity contribution in [1.29, 1.82) is 0 Å². The summed E-state index contributed by atoms with van der Waals surface area (Å²) < 4.78 is 0. The summed E-state index contributed by atoms with van der Waals surface area (Å²) in [4.78, 5) is 0. The van der Waals surface area contributed by atoms with E-state index in [1.807, 2.05) is 0 Å². The normalized spacial score (nSPS) is 27.2. The summed E-state index contributed by atoms with van der Waals surface area (Å²) in [6.07, 6.45) is 12.0. The Kier molecular flexibility index (Phi) is 4.48. The summed E-state index contributed by atoms with van der Waals surface area (Å²) in [6, 6.07) is 0. The van der Waals surface area contributed by atoms with Gasteiger partial charge in [-0.05, 0) is 31.1 Å². The smallest absolute Gasteiger partial charge is 0.0499 e. The fourth-order valence-electron chi connectivity index (χ4n) is 3.73. The van der Waals surface area contributed by atoms with Crippen molar-refractivity contribution in [2.24, 2.45) is 10.8 Å². The second-order valence-corrected chi connectivity index (χ2v) is 6.84. The van der Waals surface area contributed by atoms with Crippen LogP contribution in [0.3, 0.4) is 0 Å². The van der Waals surface area contributed by atoms with Crippen LogP contribution in [0, 0.1) is 10.8 Å². The van der Waals surface area contributed by atoms with E-state index in [0.717, 1.165) is 13.1 Å². The van der Waals surface area contributed by atoms with Crippen molar-refractivity contribution < 1.29 is 5.11 Å². The van der Waals surface area contributed by atoms with E-state index in [0.29, 0.717) is 12.0 Å². The van der Waals surface area contributed by atoms with Gasteiger partial charge in [-0.3, -0.25) is 0 Å². The Balaban J connectivity index is 1.75. The van der Waals surface area contributed by atoms with Crippen LogP contribution in [-0.4, -0.2) is 24.8 Å². The molecule has 0 radical (unpaired) electrons. The highest BCUT2D eigenvalue weighted by Crippen LogP contribution is 2.38. The molecule has 0 amide bonds. The van der Waals surface area contributed by atoms with Crippen LogP contribution in [0.1, 0.15) is 64.7 Å². The first-order valence-electron chi connectivity index (χ1n) is 7.50. The fourth-order valence-corrected chi connectivity index (χ4v) is 3.73. The summed E-state index contributed by atoms with van der Waals surface area (Å²) in [7, 11) is 0. The van der Waals surface area contributed by atoms with Crippen molar-refractivity contribution in [3.8, 4) is 0 Å². The molecule has 2 aliphatic carbocycles. The average molecular weight is 239 g/mol. The minimum absolute atomic E-state index is 0.202. The molecule has 2 heteroatoms. The molecule has 2 nitrogen and oxygen atoms in total. The van der Waals surface area contributed by atoms with Gasteiger partial charge in [0.2, 0.25) is 0 Å². The molecule has 2 N–H and O–H groups in total. The lowest BCUT2D eigenvalue weighted by Gasteiger charge is -2.37. The lowest BCUT2D eigenvalue weighted by Crippen LogP contribution is -2.42. The molecule has 2 saturated carbocycles. The first kappa shape index (κ1) is 13.4. The maximum absolute atomic E-state index is 9.66. The van der Waals surface area contributed by atoms with Crippen LogP contribution in [0.2, 0.25) is 0 Å². The van der Waals surface area contributed by atoms with Gasteiger partial charge in [-0.2, -0.15) is 0 Å². The first-order valence-corrected chi connectivity index (χ1v) is 7.50. The highest BCUT2D eigenvalue weighted by molar-refractivity contribution is 4.87. The van der Waals surface area contributed by atoms with Gasteiger partial charge >= 0.3 is 0 Å². The summed E-state index contributed by atoms with van der Waals surface area (Å²) in [5, 5.41) is 13.3. The number of nitrogens with one attached hydrogen (secondary N) is 1. The van der Waals surface area contributed by atoms with Crippen LogP contribution >= 0.6 is 0 Å². The van der Waals surface area contributed by atoms with Crippen molar-refractivity contribution in [3.63, 3.8) is 0 Å². The van der Waals surface area contributed by atoms with E-state index in [2.05, 4.69) is 12.2 Å². The Morgan fingerprint density at radius 3 is 2.06 bits per heavy atom. The number of hydrogen-bond donors (Lipinski definition) is 2. The molecule has 2 rings (SSSR count). The van der Waals surface area contributed by atoms with E-state index < -0.39 is 0 Å². The molecule has 0 heterocycles. The molecule has 0 aromatic heterocycles. The number of aliphatic hydroxyl groups excluding tert-OH is 1. The van der Waals surface area contributed by atoms with Gasteiger partial charge in [-0.1, -0.05) is 39.0 Å². The molecule has 0 unspecified atom stereocenters. The van der Waals surface area contributed by atoms with E-state index in [1.165, 1.54) is 57.8 Å². The molecule has 0 aliphatic heterocycles. The fraction of sp³-hybridized carbons (Fsp3) is 1.00. The molecular formula is C15H29NO. The molecule has 0 spiro atoms. The SMILES string of the molecule is CC1(CNCC2(CO)CCCCC2)CCCC1. The third kappa shape index (κ3) is 3.45. The number of aliphatic hydroxyl groups is 1. The molecule has 0 aromatic rings. The molecule has 0 bridgehead atoms. The van der Waals surface area contributed by atoms with Gasteiger partial charge in [0.15, 0.2) is 0 Å². The molecule has 2 aliphatic rings. The maximum atomic E-state index is 9.66. The quantitative estimate of drug-likeness (QED) is 0.772. The van der Waals surface area contributed by atoms with Crippen molar-refractivity contribution in [1.82, 2.24) is 5.32 Å². The molecule has 0 atom stereocenters. The molecule has 100 valence electrons. The van der Waals surface area contributed by atoms with Gasteiger partial charge < -0.3 is 10.4 Å². The largest absolute Gasteiger partial charge is 0.396 e. The highest BCUT2D eigenvalue weighted by atomic mass is 16.3. The van der Waals surface area contributed by atoms with Gasteiger partial charge in [0.05, 0.1) is 0 Å². The Hall–Kier alpha value is -0.0800. The third-order valence-corrected chi connectivity index (χ3v) is 5.11. The monoisotopic (exact) mass is 239 g/mol. The van der Waals surface area contributed by atoms with Crippen molar-refractivity contribution >= 4 is 0 Å². The Bertz CT molecular complexity index is 227. The highest BCUT2D eigenvalue weighted by Gasteiger charge is 2.33. The number of hydrogen-bond acceptors (Lipinski definition) is 2. The lowest BCUT2D eigenvalue weighted by atomic mass is 9.74. The van der Waals surface area contributed by atoms with Crippen LogP contribution in [0.15, 0.2) is 0 Å². The molecule has 0 saturated heterocycles. The molecule has 2 fully saturated rings.